The molecule has 0 aliphatic rings. The van der Waals surface area contributed by atoms with Crippen LogP contribution >= 0.6 is 28.1 Å². The summed E-state index contributed by atoms with van der Waals surface area (Å²) < 4.78 is 21.2. The van der Waals surface area contributed by atoms with E-state index in [9.17, 15) is 4.39 Å². The van der Waals surface area contributed by atoms with Gasteiger partial charge in [0.2, 0.25) is 0 Å². The van der Waals surface area contributed by atoms with E-state index in [4.69, 9.17) is 17.0 Å². The number of aromatic amines is 1. The van der Waals surface area contributed by atoms with Gasteiger partial charge in [-0.1, -0.05) is 6.07 Å². The van der Waals surface area contributed by atoms with Crippen LogP contribution in [0.5, 0.6) is 0 Å². The third kappa shape index (κ3) is 2.52. The van der Waals surface area contributed by atoms with E-state index in [1.165, 1.54) is 6.07 Å². The zero-order chi connectivity index (χ0) is 13.1. The molecule has 4 nitrogen and oxygen atoms in total. The Kier molecular flexibility index (Phi) is 4.26. The molecule has 0 aliphatic carbocycles. The van der Waals surface area contributed by atoms with Crippen molar-refractivity contribution in [1.82, 2.24) is 14.8 Å². The highest BCUT2D eigenvalue weighted by Crippen LogP contribution is 2.28. The van der Waals surface area contributed by atoms with Gasteiger partial charge in [-0.25, -0.2) is 4.39 Å². The molecule has 1 aromatic carbocycles. The number of benzene rings is 1. The monoisotopic (exact) mass is 331 g/mol. The van der Waals surface area contributed by atoms with E-state index in [1.54, 1.807) is 23.8 Å². The summed E-state index contributed by atoms with van der Waals surface area (Å²) in [5, 5.41) is 6.84. The first kappa shape index (κ1) is 13.4. The normalized spacial score (nSPS) is 10.8. The molecule has 7 heteroatoms. The minimum Gasteiger partial charge on any atom is -0.383 e. The topological polar surface area (TPSA) is 42.8 Å². The number of rotatable bonds is 4. The minimum atomic E-state index is -0.334. The Morgan fingerprint density at radius 3 is 3.06 bits per heavy atom. The van der Waals surface area contributed by atoms with E-state index in [0.29, 0.717) is 33.8 Å². The molecule has 0 saturated heterocycles. The summed E-state index contributed by atoms with van der Waals surface area (Å²) in [5.41, 5.74) is 0.651. The summed E-state index contributed by atoms with van der Waals surface area (Å²) >= 11 is 8.36. The molecule has 0 bridgehead atoms. The van der Waals surface area contributed by atoms with E-state index < -0.39 is 0 Å². The molecule has 1 N–H and O–H groups in total. The Labute approximate surface area is 117 Å². The van der Waals surface area contributed by atoms with E-state index >= 15 is 0 Å². The number of hydrogen-bond donors (Lipinski definition) is 1. The number of aromatic nitrogens is 3. The first-order valence-electron chi connectivity index (χ1n) is 5.23. The molecule has 2 rings (SSSR count). The van der Waals surface area contributed by atoms with Crippen molar-refractivity contribution in [3.63, 3.8) is 0 Å². The van der Waals surface area contributed by atoms with Crippen LogP contribution in [0.25, 0.3) is 11.4 Å². The van der Waals surface area contributed by atoms with Crippen molar-refractivity contribution < 1.29 is 9.13 Å². The molecule has 0 aliphatic heterocycles. The number of halogens is 2. The number of nitrogens with one attached hydrogen (secondary N) is 1. The fourth-order valence-electron chi connectivity index (χ4n) is 1.59. The fraction of sp³-hybridized carbons (Fsp3) is 0.273. The molecular formula is C11H11BrFN3OS. The van der Waals surface area contributed by atoms with Crippen LogP contribution in [0.2, 0.25) is 0 Å². The summed E-state index contributed by atoms with van der Waals surface area (Å²) in [6.07, 6.45) is 0. The number of hydrogen-bond acceptors (Lipinski definition) is 3. The molecule has 2 aromatic rings. The number of nitrogens with zero attached hydrogens (tertiary/aromatic N) is 2. The lowest BCUT2D eigenvalue weighted by atomic mass is 10.2. The van der Waals surface area contributed by atoms with Gasteiger partial charge in [-0.3, -0.25) is 9.67 Å². The van der Waals surface area contributed by atoms with Crippen molar-refractivity contribution in [2.45, 2.75) is 6.54 Å². The van der Waals surface area contributed by atoms with Crippen molar-refractivity contribution in [3.8, 4) is 11.4 Å². The summed E-state index contributed by atoms with van der Waals surface area (Å²) in [5.74, 6) is 0.253. The van der Waals surface area contributed by atoms with Crippen LogP contribution in [0, 0.1) is 10.6 Å². The Balaban J connectivity index is 2.51. The second-order valence-corrected chi connectivity index (χ2v) is 4.78. The average molecular weight is 332 g/mol. The van der Waals surface area contributed by atoms with E-state index in [1.807, 2.05) is 0 Å². The molecule has 0 saturated carbocycles. The molecule has 0 radical (unpaired) electrons. The van der Waals surface area contributed by atoms with Gasteiger partial charge in [0.1, 0.15) is 5.82 Å². The predicted octanol–water partition coefficient (Wildman–Crippen LogP) is 3.16. The molecule has 0 unspecified atom stereocenters. The summed E-state index contributed by atoms with van der Waals surface area (Å²) in [7, 11) is 1.61. The van der Waals surface area contributed by atoms with Crippen LogP contribution in [0.3, 0.4) is 0 Å². The number of H-pyrrole nitrogens is 1. The second kappa shape index (κ2) is 5.73. The highest BCUT2D eigenvalue weighted by molar-refractivity contribution is 9.10. The van der Waals surface area contributed by atoms with Crippen LogP contribution in [0.4, 0.5) is 4.39 Å². The maximum Gasteiger partial charge on any atom is 0.195 e. The van der Waals surface area contributed by atoms with Crippen LogP contribution in [-0.4, -0.2) is 28.5 Å². The smallest absolute Gasteiger partial charge is 0.195 e. The molecule has 1 aromatic heterocycles. The van der Waals surface area contributed by atoms with Gasteiger partial charge in [0.05, 0.1) is 17.6 Å². The Hall–Kier alpha value is -1.05. The molecule has 0 atom stereocenters. The Morgan fingerprint density at radius 2 is 2.33 bits per heavy atom. The quantitative estimate of drug-likeness (QED) is 0.875. The maximum absolute atomic E-state index is 13.5. The number of ether oxygens (including phenoxy) is 1. The lowest BCUT2D eigenvalue weighted by Crippen LogP contribution is -2.06. The van der Waals surface area contributed by atoms with Crippen molar-refractivity contribution in [2.24, 2.45) is 0 Å². The maximum atomic E-state index is 13.5. The van der Waals surface area contributed by atoms with Gasteiger partial charge in [-0.05, 0) is 40.3 Å². The average Bonchev–Trinajstić information content (AvgIpc) is 2.72. The van der Waals surface area contributed by atoms with Gasteiger partial charge in [0, 0.05) is 12.7 Å². The lowest BCUT2D eigenvalue weighted by molar-refractivity contribution is 0.187. The summed E-state index contributed by atoms with van der Waals surface area (Å²) in [4.78, 5) is 0. The summed E-state index contributed by atoms with van der Waals surface area (Å²) in [6, 6.07) is 4.80. The molecule has 96 valence electrons. The predicted molar refractivity (Wildman–Crippen MR) is 72.4 cm³/mol. The number of methoxy groups -OCH3 is 1. The molecule has 0 fully saturated rings. The van der Waals surface area contributed by atoms with Gasteiger partial charge in [0.15, 0.2) is 10.6 Å². The van der Waals surface area contributed by atoms with Gasteiger partial charge in [0.25, 0.3) is 0 Å². The van der Waals surface area contributed by atoms with Crippen molar-refractivity contribution in [3.05, 3.63) is 33.3 Å². The summed E-state index contributed by atoms with van der Waals surface area (Å²) in [6.45, 7) is 1.07. The molecular weight excluding hydrogens is 321 g/mol. The molecule has 1 heterocycles. The van der Waals surface area contributed by atoms with Crippen LogP contribution in [0.15, 0.2) is 22.7 Å². The van der Waals surface area contributed by atoms with Crippen molar-refractivity contribution in [2.75, 3.05) is 13.7 Å². The van der Waals surface area contributed by atoms with Crippen LogP contribution in [-0.2, 0) is 11.3 Å². The Bertz CT molecular complexity index is 611. The van der Waals surface area contributed by atoms with E-state index in [-0.39, 0.29) is 5.82 Å². The third-order valence-corrected chi connectivity index (χ3v) is 3.59. The first-order valence-corrected chi connectivity index (χ1v) is 6.43. The lowest BCUT2D eigenvalue weighted by Gasteiger charge is -2.08. The third-order valence-electron chi connectivity index (χ3n) is 2.47. The largest absolute Gasteiger partial charge is 0.383 e. The zero-order valence-corrected chi connectivity index (χ0v) is 12.0. The van der Waals surface area contributed by atoms with Gasteiger partial charge in [-0.15, -0.1) is 0 Å². The fourth-order valence-corrected chi connectivity index (χ4v) is 2.25. The van der Waals surface area contributed by atoms with Crippen molar-refractivity contribution in [1.29, 1.82) is 0 Å². The highest BCUT2D eigenvalue weighted by atomic mass is 79.9. The first-order chi connectivity index (χ1) is 8.65. The van der Waals surface area contributed by atoms with Gasteiger partial charge >= 0.3 is 0 Å². The van der Waals surface area contributed by atoms with Crippen molar-refractivity contribution >= 4 is 28.1 Å². The SMILES string of the molecule is COCCn1c(-c2cccc(F)c2Br)n[nH]c1=S. The van der Waals surface area contributed by atoms with Crippen LogP contribution < -0.4 is 0 Å². The van der Waals surface area contributed by atoms with Crippen LogP contribution in [0.1, 0.15) is 0 Å². The minimum absolute atomic E-state index is 0.334. The molecule has 0 spiro atoms. The molecule has 18 heavy (non-hydrogen) atoms. The highest BCUT2D eigenvalue weighted by Gasteiger charge is 2.14. The Morgan fingerprint density at radius 1 is 1.56 bits per heavy atom. The van der Waals surface area contributed by atoms with Gasteiger partial charge in [-0.2, -0.15) is 5.10 Å². The van der Waals surface area contributed by atoms with E-state index in [2.05, 4.69) is 26.1 Å². The van der Waals surface area contributed by atoms with Gasteiger partial charge < -0.3 is 4.74 Å². The zero-order valence-electron chi connectivity index (χ0n) is 9.61. The van der Waals surface area contributed by atoms with E-state index in [0.717, 1.165) is 0 Å². The second-order valence-electron chi connectivity index (χ2n) is 3.60. The standard InChI is InChI=1S/C11H11BrFN3OS/c1-17-6-5-16-10(14-15-11(16)18)7-3-2-4-8(13)9(7)12/h2-4H,5-6H2,1H3,(H,15,18). The molecule has 0 amide bonds.